The minimum absolute atomic E-state index is 0.0251. The van der Waals surface area contributed by atoms with Crippen LogP contribution in [0.25, 0.3) is 22.0 Å². The topological polar surface area (TPSA) is 110 Å². The van der Waals surface area contributed by atoms with Crippen molar-refractivity contribution in [2.45, 2.75) is 12.8 Å². The number of nitrogens with two attached hydrogens (primary N) is 1. The monoisotopic (exact) mass is 361 g/mol. The number of nitrogens with one attached hydrogen (secondary N) is 2. The van der Waals surface area contributed by atoms with E-state index in [2.05, 4.69) is 56.9 Å². The second-order valence-corrected chi connectivity index (χ2v) is 6.21. The second kappa shape index (κ2) is 7.43. The van der Waals surface area contributed by atoms with Crippen molar-refractivity contribution >= 4 is 16.8 Å². The number of benzene rings is 2. The second-order valence-electron chi connectivity index (χ2n) is 6.21. The first kappa shape index (κ1) is 17.0. The van der Waals surface area contributed by atoms with E-state index in [1.165, 1.54) is 11.1 Å². The lowest BCUT2D eigenvalue weighted by atomic mass is 10.0. The van der Waals surface area contributed by atoms with Crippen LogP contribution in [0, 0.1) is 0 Å². The predicted octanol–water partition coefficient (Wildman–Crippen LogP) is 2.38. The molecule has 0 aliphatic heterocycles. The molecule has 2 aromatic carbocycles. The molecule has 0 aliphatic rings. The quantitative estimate of drug-likeness (QED) is 0.457. The summed E-state index contributed by atoms with van der Waals surface area (Å²) in [5.41, 5.74) is 9.64. The Morgan fingerprint density at radius 2 is 1.85 bits per heavy atom. The Hall–Kier alpha value is -3.45. The Morgan fingerprint density at radius 3 is 2.67 bits per heavy atom. The Balaban J connectivity index is 1.51. The van der Waals surface area contributed by atoms with Crippen LogP contribution in [-0.2, 0) is 17.6 Å². The number of H-pyrrole nitrogens is 1. The molecule has 0 unspecified atom stereocenters. The lowest BCUT2D eigenvalue weighted by Crippen LogP contribution is -2.30. The van der Waals surface area contributed by atoms with Crippen LogP contribution in [0.4, 0.5) is 0 Å². The molecule has 27 heavy (non-hydrogen) atoms. The summed E-state index contributed by atoms with van der Waals surface area (Å²) in [5, 5.41) is 11.5. The molecule has 0 spiro atoms. The van der Waals surface area contributed by atoms with Crippen LogP contribution >= 0.6 is 0 Å². The van der Waals surface area contributed by atoms with Crippen LogP contribution in [0.2, 0.25) is 0 Å². The van der Waals surface area contributed by atoms with E-state index in [1.807, 2.05) is 18.2 Å². The molecule has 4 N–H and O–H groups in total. The summed E-state index contributed by atoms with van der Waals surface area (Å²) in [6.07, 6.45) is 0.498. The van der Waals surface area contributed by atoms with Gasteiger partial charge in [0.25, 0.3) is 0 Å². The van der Waals surface area contributed by atoms with E-state index in [9.17, 15) is 4.79 Å². The molecule has 0 aliphatic carbocycles. The minimum Gasteiger partial charge on any atom is -0.424 e. The molecule has 0 atom stereocenters. The Morgan fingerprint density at radius 1 is 1.04 bits per heavy atom. The number of aromatic amines is 1. The summed E-state index contributed by atoms with van der Waals surface area (Å²) in [6.45, 7) is 0.0832. The number of nitrogens with zero attached hydrogens (tertiary/aromatic N) is 2. The van der Waals surface area contributed by atoms with Crippen LogP contribution in [0.15, 0.2) is 59.0 Å². The minimum atomic E-state index is -0.244. The predicted molar refractivity (Wildman–Crippen MR) is 102 cm³/mol. The van der Waals surface area contributed by atoms with Gasteiger partial charge in [-0.15, -0.1) is 10.2 Å². The highest BCUT2D eigenvalue weighted by molar-refractivity contribution is 5.85. The van der Waals surface area contributed by atoms with Crippen LogP contribution < -0.4 is 11.1 Å². The molecule has 2 heterocycles. The summed E-state index contributed by atoms with van der Waals surface area (Å²) in [5.74, 6) is 0.491. The SMILES string of the molecule is NCNC(=O)Cc1nnc(Cc2cc3cc(-c4ccccc4)ccc3[nH]2)o1. The third kappa shape index (κ3) is 3.88. The van der Waals surface area contributed by atoms with Crippen molar-refractivity contribution < 1.29 is 9.21 Å². The highest BCUT2D eigenvalue weighted by Crippen LogP contribution is 2.25. The van der Waals surface area contributed by atoms with Crippen molar-refractivity contribution in [2.24, 2.45) is 5.73 Å². The van der Waals surface area contributed by atoms with Crippen molar-refractivity contribution in [1.29, 1.82) is 0 Å². The fourth-order valence-corrected chi connectivity index (χ4v) is 3.01. The fraction of sp³-hybridized carbons (Fsp3) is 0.150. The summed E-state index contributed by atoms with van der Waals surface area (Å²) < 4.78 is 5.55. The van der Waals surface area contributed by atoms with E-state index in [4.69, 9.17) is 10.2 Å². The van der Waals surface area contributed by atoms with Gasteiger partial charge >= 0.3 is 0 Å². The molecule has 4 rings (SSSR count). The molecule has 0 radical (unpaired) electrons. The molecule has 0 bridgehead atoms. The number of rotatable bonds is 6. The van der Waals surface area contributed by atoms with Gasteiger partial charge in [0.2, 0.25) is 17.7 Å². The molecule has 136 valence electrons. The van der Waals surface area contributed by atoms with Gasteiger partial charge in [-0.3, -0.25) is 4.79 Å². The van der Waals surface area contributed by atoms with Gasteiger partial charge in [-0.25, -0.2) is 0 Å². The molecular formula is C20H19N5O2. The smallest absolute Gasteiger partial charge is 0.230 e. The maximum atomic E-state index is 11.5. The molecule has 2 aromatic heterocycles. The van der Waals surface area contributed by atoms with Gasteiger partial charge in [0.1, 0.15) is 6.42 Å². The zero-order valence-electron chi connectivity index (χ0n) is 14.6. The van der Waals surface area contributed by atoms with E-state index < -0.39 is 0 Å². The Kier molecular flexibility index (Phi) is 4.67. The van der Waals surface area contributed by atoms with Crippen molar-refractivity contribution in [1.82, 2.24) is 20.5 Å². The van der Waals surface area contributed by atoms with Crippen molar-refractivity contribution in [3.05, 3.63) is 72.1 Å². The zero-order valence-corrected chi connectivity index (χ0v) is 14.6. The Bertz CT molecular complexity index is 1070. The maximum Gasteiger partial charge on any atom is 0.230 e. The summed E-state index contributed by atoms with van der Waals surface area (Å²) in [6, 6.07) is 18.6. The van der Waals surface area contributed by atoms with Gasteiger partial charge in [0.15, 0.2) is 0 Å². The average molecular weight is 361 g/mol. The van der Waals surface area contributed by atoms with Crippen LogP contribution in [0.1, 0.15) is 17.5 Å². The van der Waals surface area contributed by atoms with Gasteiger partial charge in [-0.1, -0.05) is 36.4 Å². The summed E-state index contributed by atoms with van der Waals surface area (Å²) in [4.78, 5) is 14.9. The van der Waals surface area contributed by atoms with E-state index in [1.54, 1.807) is 0 Å². The standard InChI is InChI=1S/C20H19N5O2/c21-12-22-18(26)11-20-25-24-19(27-20)10-16-9-15-8-14(6-7-17(15)23-16)13-4-2-1-3-5-13/h1-9,23H,10-12,21H2,(H,22,26). The van der Waals surface area contributed by atoms with Gasteiger partial charge < -0.3 is 20.5 Å². The third-order valence-corrected chi connectivity index (χ3v) is 4.25. The van der Waals surface area contributed by atoms with E-state index >= 15 is 0 Å². The molecule has 7 heteroatoms. The summed E-state index contributed by atoms with van der Waals surface area (Å²) >= 11 is 0. The molecule has 0 fully saturated rings. The average Bonchev–Trinajstić information content (AvgIpc) is 3.28. The first-order valence-electron chi connectivity index (χ1n) is 8.66. The lowest BCUT2D eigenvalue weighted by Gasteiger charge is -2.00. The zero-order chi connectivity index (χ0) is 18.6. The van der Waals surface area contributed by atoms with E-state index in [-0.39, 0.29) is 24.9 Å². The number of hydrogen-bond donors (Lipinski definition) is 3. The van der Waals surface area contributed by atoms with Gasteiger partial charge in [-0.05, 0) is 29.3 Å². The number of fused-ring (bicyclic) bond motifs is 1. The van der Waals surface area contributed by atoms with E-state index in [0.29, 0.717) is 12.3 Å². The number of amides is 1. The Labute approximate surface area is 155 Å². The molecule has 7 nitrogen and oxygen atoms in total. The molecular weight excluding hydrogens is 342 g/mol. The molecule has 0 saturated heterocycles. The number of hydrogen-bond acceptors (Lipinski definition) is 5. The van der Waals surface area contributed by atoms with Crippen LogP contribution in [0.3, 0.4) is 0 Å². The third-order valence-electron chi connectivity index (χ3n) is 4.25. The highest BCUT2D eigenvalue weighted by atomic mass is 16.4. The molecule has 4 aromatic rings. The van der Waals surface area contributed by atoms with Crippen LogP contribution in [0.5, 0.6) is 0 Å². The van der Waals surface area contributed by atoms with Crippen molar-refractivity contribution in [3.8, 4) is 11.1 Å². The van der Waals surface area contributed by atoms with Gasteiger partial charge in [0.05, 0.1) is 13.1 Å². The number of carbonyl (C=O) groups is 1. The summed E-state index contributed by atoms with van der Waals surface area (Å²) in [7, 11) is 0. The fourth-order valence-electron chi connectivity index (χ4n) is 3.01. The van der Waals surface area contributed by atoms with Crippen molar-refractivity contribution in [2.75, 3.05) is 6.67 Å². The normalized spacial score (nSPS) is 11.0. The largest absolute Gasteiger partial charge is 0.424 e. The number of carbonyl (C=O) groups excluding carboxylic acids is 1. The molecule has 0 saturated carbocycles. The first-order valence-corrected chi connectivity index (χ1v) is 8.66. The maximum absolute atomic E-state index is 11.5. The molecule has 1 amide bonds. The van der Waals surface area contributed by atoms with E-state index in [0.717, 1.165) is 16.6 Å². The number of aromatic nitrogens is 3. The van der Waals surface area contributed by atoms with Crippen LogP contribution in [-0.4, -0.2) is 27.8 Å². The highest BCUT2D eigenvalue weighted by Gasteiger charge is 2.12. The lowest BCUT2D eigenvalue weighted by molar-refractivity contribution is -0.120. The van der Waals surface area contributed by atoms with Crippen molar-refractivity contribution in [3.63, 3.8) is 0 Å². The first-order chi connectivity index (χ1) is 13.2. The van der Waals surface area contributed by atoms with Gasteiger partial charge in [-0.2, -0.15) is 0 Å². The van der Waals surface area contributed by atoms with Gasteiger partial charge in [0, 0.05) is 16.6 Å².